The summed E-state index contributed by atoms with van der Waals surface area (Å²) in [5, 5.41) is 10.4. The predicted octanol–water partition coefficient (Wildman–Crippen LogP) is 3.86. The molecule has 0 unspecified atom stereocenters. The molecule has 2 aromatic carbocycles. The van der Waals surface area contributed by atoms with Gasteiger partial charge in [0.05, 0.1) is 17.9 Å². The van der Waals surface area contributed by atoms with Crippen molar-refractivity contribution in [3.8, 4) is 16.9 Å². The molecule has 0 aliphatic carbocycles. The highest BCUT2D eigenvalue weighted by Crippen LogP contribution is 2.26. The van der Waals surface area contributed by atoms with Gasteiger partial charge in [0.2, 0.25) is 5.91 Å². The van der Waals surface area contributed by atoms with Crippen molar-refractivity contribution in [2.45, 2.75) is 26.4 Å². The summed E-state index contributed by atoms with van der Waals surface area (Å²) in [5.74, 6) is -0.371. The molecule has 7 nitrogen and oxygen atoms in total. The summed E-state index contributed by atoms with van der Waals surface area (Å²) in [6, 6.07) is 16.8. The average molecular weight is 440 g/mol. The third-order valence-electron chi connectivity index (χ3n) is 4.45. The Kier molecular flexibility index (Phi) is 7.44. The molecule has 3 amide bonds. The van der Waals surface area contributed by atoms with Crippen LogP contribution in [-0.2, 0) is 11.3 Å². The Morgan fingerprint density at radius 1 is 1.10 bits per heavy atom. The second kappa shape index (κ2) is 10.2. The summed E-state index contributed by atoms with van der Waals surface area (Å²) in [5.41, 5.74) is 3.64. The number of carbonyl (C=O) groups is 2. The van der Waals surface area contributed by atoms with Crippen LogP contribution in [0.3, 0.4) is 0 Å². The van der Waals surface area contributed by atoms with E-state index < -0.39 is 6.03 Å². The summed E-state index contributed by atoms with van der Waals surface area (Å²) in [6.07, 6.45) is 1.96. The molecule has 0 aliphatic rings. The number of hydrogen-bond donors (Lipinski definition) is 2. The zero-order valence-electron chi connectivity index (χ0n) is 17.8. The van der Waals surface area contributed by atoms with E-state index in [0.717, 1.165) is 22.5 Å². The van der Waals surface area contributed by atoms with Gasteiger partial charge in [0, 0.05) is 34.9 Å². The lowest BCUT2D eigenvalue weighted by Gasteiger charge is -2.16. The summed E-state index contributed by atoms with van der Waals surface area (Å²) in [6.45, 7) is 4.21. The lowest BCUT2D eigenvalue weighted by atomic mass is 10.1. The summed E-state index contributed by atoms with van der Waals surface area (Å²) in [7, 11) is 1.82. The zero-order chi connectivity index (χ0) is 22.4. The number of para-hydroxylation sites is 1. The maximum absolute atomic E-state index is 12.2. The number of imide groups is 1. The fraction of sp³-hybridized carbons (Fsp3) is 0.261. The van der Waals surface area contributed by atoms with Crippen molar-refractivity contribution in [3.05, 3.63) is 71.4 Å². The number of nitrogens with zero attached hydrogens (tertiary/aromatic N) is 3. The Balaban J connectivity index is 1.79. The largest absolute Gasteiger partial charge is 0.336 e. The van der Waals surface area contributed by atoms with E-state index in [-0.39, 0.29) is 18.5 Å². The fourth-order valence-electron chi connectivity index (χ4n) is 3.15. The molecule has 162 valence electrons. The molecule has 0 fully saturated rings. The number of rotatable bonds is 7. The molecule has 3 rings (SSSR count). The van der Waals surface area contributed by atoms with Crippen LogP contribution >= 0.6 is 11.6 Å². The number of urea groups is 1. The second-order valence-corrected chi connectivity index (χ2v) is 8.08. The van der Waals surface area contributed by atoms with Crippen molar-refractivity contribution in [1.82, 2.24) is 25.3 Å². The van der Waals surface area contributed by atoms with Crippen LogP contribution in [-0.4, -0.2) is 46.3 Å². The van der Waals surface area contributed by atoms with E-state index in [1.807, 2.05) is 91.3 Å². The number of halogens is 1. The van der Waals surface area contributed by atoms with Crippen molar-refractivity contribution >= 4 is 23.5 Å². The van der Waals surface area contributed by atoms with Gasteiger partial charge in [0.25, 0.3) is 0 Å². The number of benzene rings is 2. The molecule has 3 aromatic rings. The van der Waals surface area contributed by atoms with Crippen LogP contribution in [0, 0.1) is 0 Å². The number of amides is 3. The molecule has 1 heterocycles. The number of carbonyl (C=O) groups excluding carboxylic acids is 2. The highest BCUT2D eigenvalue weighted by atomic mass is 35.5. The molecule has 0 saturated carbocycles. The van der Waals surface area contributed by atoms with Gasteiger partial charge in [0.1, 0.15) is 0 Å². The van der Waals surface area contributed by atoms with E-state index in [0.29, 0.717) is 11.6 Å². The first-order valence-electron chi connectivity index (χ1n) is 10.0. The Morgan fingerprint density at radius 2 is 1.77 bits per heavy atom. The van der Waals surface area contributed by atoms with Crippen LogP contribution in [0.25, 0.3) is 16.9 Å². The quantitative estimate of drug-likeness (QED) is 0.586. The first-order valence-corrected chi connectivity index (χ1v) is 10.4. The molecule has 0 saturated heterocycles. The lowest BCUT2D eigenvalue weighted by Crippen LogP contribution is -2.45. The molecule has 31 heavy (non-hydrogen) atoms. The predicted molar refractivity (Wildman–Crippen MR) is 122 cm³/mol. The minimum Gasteiger partial charge on any atom is -0.336 e. The monoisotopic (exact) mass is 439 g/mol. The fourth-order valence-corrected chi connectivity index (χ4v) is 3.27. The number of hydrogen-bond acceptors (Lipinski definition) is 4. The molecule has 0 radical (unpaired) electrons. The molecule has 0 spiro atoms. The highest BCUT2D eigenvalue weighted by molar-refractivity contribution is 6.30. The number of nitrogens with one attached hydrogen (secondary N) is 2. The maximum Gasteiger partial charge on any atom is 0.321 e. The summed E-state index contributed by atoms with van der Waals surface area (Å²) in [4.78, 5) is 25.8. The van der Waals surface area contributed by atoms with Gasteiger partial charge in [-0.05, 0) is 45.2 Å². The van der Waals surface area contributed by atoms with Gasteiger partial charge in [-0.3, -0.25) is 15.0 Å². The molecule has 0 aliphatic heterocycles. The number of likely N-dealkylation sites (N-methyl/N-ethyl adjacent to an activating group) is 1. The van der Waals surface area contributed by atoms with E-state index in [1.165, 1.54) is 0 Å². The third kappa shape index (κ3) is 6.41. The molecule has 0 bridgehead atoms. The van der Waals surface area contributed by atoms with Crippen molar-refractivity contribution in [2.24, 2.45) is 0 Å². The van der Waals surface area contributed by atoms with Crippen LogP contribution in [0.15, 0.2) is 60.8 Å². The first kappa shape index (κ1) is 22.5. The van der Waals surface area contributed by atoms with Gasteiger partial charge in [0.15, 0.2) is 0 Å². The smallest absolute Gasteiger partial charge is 0.321 e. The SMILES string of the molecule is CC(C)NC(=O)NC(=O)CN(C)Cc1cn(-c2ccccc2)nc1-c1ccc(Cl)cc1. The second-order valence-electron chi connectivity index (χ2n) is 7.64. The molecular formula is C23H26ClN5O2. The van der Waals surface area contributed by atoms with E-state index in [9.17, 15) is 9.59 Å². The van der Waals surface area contributed by atoms with Crippen LogP contribution in [0.4, 0.5) is 4.79 Å². The molecule has 2 N–H and O–H groups in total. The van der Waals surface area contributed by atoms with E-state index in [2.05, 4.69) is 10.6 Å². The van der Waals surface area contributed by atoms with E-state index >= 15 is 0 Å². The average Bonchev–Trinajstić information content (AvgIpc) is 3.12. The third-order valence-corrected chi connectivity index (χ3v) is 4.71. The van der Waals surface area contributed by atoms with Crippen molar-refractivity contribution < 1.29 is 9.59 Å². The van der Waals surface area contributed by atoms with Crippen molar-refractivity contribution in [3.63, 3.8) is 0 Å². The van der Waals surface area contributed by atoms with E-state index in [1.54, 1.807) is 0 Å². The Morgan fingerprint density at radius 3 is 2.42 bits per heavy atom. The Bertz CT molecular complexity index is 1030. The minimum atomic E-state index is -0.493. The standard InChI is InChI=1S/C23H26ClN5O2/c1-16(2)25-23(31)26-21(30)15-28(3)13-18-14-29(20-7-5-4-6-8-20)27-22(18)17-9-11-19(24)12-10-17/h4-12,14,16H,13,15H2,1-3H3,(H2,25,26,30,31). The first-order chi connectivity index (χ1) is 14.8. The van der Waals surface area contributed by atoms with Crippen LogP contribution in [0.1, 0.15) is 19.4 Å². The summed E-state index contributed by atoms with van der Waals surface area (Å²) >= 11 is 6.04. The maximum atomic E-state index is 12.2. The van der Waals surface area contributed by atoms with E-state index in [4.69, 9.17) is 16.7 Å². The van der Waals surface area contributed by atoms with Gasteiger partial charge < -0.3 is 5.32 Å². The topological polar surface area (TPSA) is 79.3 Å². The van der Waals surface area contributed by atoms with Crippen LogP contribution < -0.4 is 10.6 Å². The van der Waals surface area contributed by atoms with Crippen LogP contribution in [0.5, 0.6) is 0 Å². The van der Waals surface area contributed by atoms with Gasteiger partial charge >= 0.3 is 6.03 Å². The molecule has 1 aromatic heterocycles. The number of aromatic nitrogens is 2. The van der Waals surface area contributed by atoms with Gasteiger partial charge in [-0.1, -0.05) is 41.9 Å². The molecule has 8 heteroatoms. The lowest BCUT2D eigenvalue weighted by molar-refractivity contribution is -0.120. The van der Waals surface area contributed by atoms with Gasteiger partial charge in [-0.25, -0.2) is 9.48 Å². The van der Waals surface area contributed by atoms with Crippen LogP contribution in [0.2, 0.25) is 5.02 Å². The highest BCUT2D eigenvalue weighted by Gasteiger charge is 2.17. The minimum absolute atomic E-state index is 0.0451. The van der Waals surface area contributed by atoms with Gasteiger partial charge in [-0.15, -0.1) is 0 Å². The van der Waals surface area contributed by atoms with Crippen molar-refractivity contribution in [2.75, 3.05) is 13.6 Å². The zero-order valence-corrected chi connectivity index (χ0v) is 18.6. The molecule has 0 atom stereocenters. The Hall–Kier alpha value is -3.16. The molecular weight excluding hydrogens is 414 g/mol. The normalized spacial score (nSPS) is 11.0. The van der Waals surface area contributed by atoms with Gasteiger partial charge in [-0.2, -0.15) is 5.10 Å². The summed E-state index contributed by atoms with van der Waals surface area (Å²) < 4.78 is 1.82. The van der Waals surface area contributed by atoms with Crippen molar-refractivity contribution in [1.29, 1.82) is 0 Å². The Labute approximate surface area is 187 Å².